The Labute approximate surface area is 301 Å². The lowest BCUT2D eigenvalue weighted by molar-refractivity contribution is -0.307. The molecule has 0 radical (unpaired) electrons. The molecule has 0 spiro atoms. The third-order valence-electron chi connectivity index (χ3n) is 9.73. The Bertz CT molecular complexity index is 1390. The number of ether oxygens (including phenoxy) is 4. The lowest BCUT2D eigenvalue weighted by Gasteiger charge is -2.47. The summed E-state index contributed by atoms with van der Waals surface area (Å²) in [6, 6.07) is 4.83. The van der Waals surface area contributed by atoms with Crippen molar-refractivity contribution in [3.8, 4) is 11.8 Å². The molecule has 0 aliphatic carbocycles. The topological polar surface area (TPSA) is 145 Å². The molecule has 51 heavy (non-hydrogen) atoms. The second-order valence-electron chi connectivity index (χ2n) is 13.9. The summed E-state index contributed by atoms with van der Waals surface area (Å²) in [4.78, 5) is 44.4. The van der Waals surface area contributed by atoms with Crippen LogP contribution in [0.25, 0.3) is 0 Å². The third-order valence-corrected chi connectivity index (χ3v) is 9.73. The monoisotopic (exact) mass is 714 g/mol. The average molecular weight is 715 g/mol. The van der Waals surface area contributed by atoms with Gasteiger partial charge in [0.25, 0.3) is 0 Å². The molecule has 1 saturated heterocycles. The largest absolute Gasteiger partial charge is 0.462 e. The van der Waals surface area contributed by atoms with Gasteiger partial charge in [0.1, 0.15) is 36.9 Å². The molecule has 11 nitrogen and oxygen atoms in total. The number of allylic oxidation sites excluding steroid dienone is 3. The predicted molar refractivity (Wildman–Crippen MR) is 189 cm³/mol. The Kier molecular flexibility index (Phi) is 17.1. The summed E-state index contributed by atoms with van der Waals surface area (Å²) in [5.74, 6) is 2.33. The van der Waals surface area contributed by atoms with Gasteiger partial charge in [0, 0.05) is 30.4 Å². The van der Waals surface area contributed by atoms with Gasteiger partial charge in [-0.05, 0) is 70.8 Å². The fraction of sp³-hybridized carbons (Fsp3) is 0.641. The number of ketones is 1. The van der Waals surface area contributed by atoms with E-state index in [1.54, 1.807) is 79.2 Å². The van der Waals surface area contributed by atoms with Gasteiger partial charge in [-0.1, -0.05) is 50.5 Å². The number of hydrogen-bond donors (Lipinski definition) is 2. The van der Waals surface area contributed by atoms with Crippen molar-refractivity contribution in [2.75, 3.05) is 27.4 Å². The van der Waals surface area contributed by atoms with Crippen LogP contribution in [-0.2, 0) is 33.3 Å². The number of esters is 1. The second kappa shape index (κ2) is 20.7. The number of aliphatic hydroxyl groups excluding tert-OH is 2. The van der Waals surface area contributed by atoms with Crippen LogP contribution < -0.4 is 0 Å². The van der Waals surface area contributed by atoms with Gasteiger partial charge in [-0.2, -0.15) is 0 Å². The summed E-state index contributed by atoms with van der Waals surface area (Å²) in [6.45, 7) is 8.02. The quantitative estimate of drug-likeness (QED) is 0.219. The fourth-order valence-corrected chi connectivity index (χ4v) is 6.82. The zero-order valence-electron chi connectivity index (χ0n) is 30.8. The van der Waals surface area contributed by atoms with Crippen molar-refractivity contribution < 1.29 is 47.9 Å². The number of nitrogens with zero attached hydrogens (tertiary/aromatic N) is 2. The van der Waals surface area contributed by atoms with Crippen LogP contribution in [0.5, 0.6) is 0 Å². The Morgan fingerprint density at radius 2 is 1.88 bits per heavy atom. The standard InChI is InChI=1S/C39H55FN2O9/c1-8-33-29(23-40)20-24(2)14-15-31(44)25(3)21-28(16-18-43)37(26(4)32(45)22-34(46)50-33)51-39-36(47)35(42(6)7)38(27(5)49-39)48-19-11-13-30-12-9-10-17-41-30/h9-10,12,14-15,17-18,20,25-29,32-33,35-39,45,47H,8,16,19,21-23H2,1-7H3/b15-14+,24-20+/t25-,26+,27-,28+,29-,32-,33-,35-,36-,37-,38-,39+/m1/s1. The molecule has 0 bridgehead atoms. The molecule has 0 amide bonds. The minimum Gasteiger partial charge on any atom is -0.462 e. The number of alkyl halides is 1. The van der Waals surface area contributed by atoms with E-state index < -0.39 is 91.7 Å². The van der Waals surface area contributed by atoms with Gasteiger partial charge in [0.2, 0.25) is 0 Å². The van der Waals surface area contributed by atoms with E-state index >= 15 is 0 Å². The molecule has 2 aliphatic heterocycles. The van der Waals surface area contributed by atoms with E-state index in [0.29, 0.717) is 17.7 Å². The highest BCUT2D eigenvalue weighted by atomic mass is 19.1. The first-order chi connectivity index (χ1) is 24.3. The highest BCUT2D eigenvalue weighted by molar-refractivity contribution is 5.91. The first-order valence-corrected chi connectivity index (χ1v) is 17.7. The number of hydrogen-bond acceptors (Lipinski definition) is 11. The van der Waals surface area contributed by atoms with Gasteiger partial charge in [-0.25, -0.2) is 4.98 Å². The number of aliphatic hydroxyl groups is 2. The lowest BCUT2D eigenvalue weighted by atomic mass is 9.79. The zero-order chi connectivity index (χ0) is 37.7. The van der Waals surface area contributed by atoms with Crippen LogP contribution in [0.3, 0.4) is 0 Å². The molecule has 3 heterocycles. The van der Waals surface area contributed by atoms with E-state index in [9.17, 15) is 29.0 Å². The van der Waals surface area contributed by atoms with Crippen LogP contribution in [0, 0.1) is 35.5 Å². The number of carbonyl (C=O) groups excluding carboxylic acids is 3. The minimum atomic E-state index is -1.30. The van der Waals surface area contributed by atoms with Gasteiger partial charge < -0.3 is 38.9 Å². The lowest BCUT2D eigenvalue weighted by Crippen LogP contribution is -2.64. The third kappa shape index (κ3) is 12.1. The summed E-state index contributed by atoms with van der Waals surface area (Å²) in [7, 11) is 3.60. The Morgan fingerprint density at radius 1 is 1.14 bits per heavy atom. The molecule has 1 aromatic rings. The van der Waals surface area contributed by atoms with E-state index in [1.807, 2.05) is 11.0 Å². The Balaban J connectivity index is 1.92. The van der Waals surface area contributed by atoms with Crippen molar-refractivity contribution in [3.05, 3.63) is 53.9 Å². The number of rotatable bonds is 9. The summed E-state index contributed by atoms with van der Waals surface area (Å²) in [5.41, 5.74) is 1.23. The van der Waals surface area contributed by atoms with Crippen LogP contribution in [-0.4, -0.2) is 114 Å². The number of halogens is 1. The van der Waals surface area contributed by atoms with E-state index in [2.05, 4.69) is 16.8 Å². The highest BCUT2D eigenvalue weighted by Gasteiger charge is 2.48. The molecule has 282 valence electrons. The molecule has 0 aromatic carbocycles. The second-order valence-corrected chi connectivity index (χ2v) is 13.9. The summed E-state index contributed by atoms with van der Waals surface area (Å²) >= 11 is 0. The molecule has 12 heteroatoms. The molecule has 3 rings (SSSR count). The Hall–Kier alpha value is -3.31. The number of aldehydes is 1. The van der Waals surface area contributed by atoms with Crippen molar-refractivity contribution in [3.63, 3.8) is 0 Å². The molecule has 2 N–H and O–H groups in total. The number of pyridine rings is 1. The molecule has 1 fully saturated rings. The normalized spacial score (nSPS) is 35.9. The van der Waals surface area contributed by atoms with Crippen LogP contribution in [0.4, 0.5) is 4.39 Å². The van der Waals surface area contributed by atoms with Gasteiger partial charge in [0.05, 0.1) is 37.4 Å². The molecular formula is C39H55FN2O9. The highest BCUT2D eigenvalue weighted by Crippen LogP contribution is 2.35. The molecule has 0 unspecified atom stereocenters. The SMILES string of the molecule is CC[C@H]1OC(=O)C[C@@H](O)[C@H](C)[C@@H](O[C@@H]2O[C@H](C)[C@@H](OCC#Cc3ccccn3)[C@H](N(C)C)[C@H]2O)[C@@H](CC=O)C[C@@H](C)C(=O)/C=C/C(C)=C/[C@@H]1CF. The smallest absolute Gasteiger partial charge is 0.308 e. The van der Waals surface area contributed by atoms with E-state index in [-0.39, 0.29) is 25.2 Å². The predicted octanol–water partition coefficient (Wildman–Crippen LogP) is 3.85. The number of carbonyl (C=O) groups is 3. The molecule has 2 aliphatic rings. The molecule has 1 aromatic heterocycles. The maximum atomic E-state index is 14.1. The van der Waals surface area contributed by atoms with Gasteiger partial charge in [-0.3, -0.25) is 14.0 Å². The van der Waals surface area contributed by atoms with Crippen molar-refractivity contribution in [1.29, 1.82) is 0 Å². The summed E-state index contributed by atoms with van der Waals surface area (Å²) in [5, 5.41) is 23.1. The molecule has 12 atom stereocenters. The average Bonchev–Trinajstić information content (AvgIpc) is 3.10. The van der Waals surface area contributed by atoms with Gasteiger partial charge in [0.15, 0.2) is 12.1 Å². The maximum absolute atomic E-state index is 14.1. The Morgan fingerprint density at radius 3 is 2.51 bits per heavy atom. The van der Waals surface area contributed by atoms with E-state index in [0.717, 1.165) is 6.29 Å². The van der Waals surface area contributed by atoms with Crippen LogP contribution >= 0.6 is 0 Å². The first kappa shape index (κ1) is 42.1. The number of likely N-dealkylation sites (N-methyl/N-ethyl adjacent to an activating group) is 1. The summed E-state index contributed by atoms with van der Waals surface area (Å²) in [6.07, 6.45) is 0.512. The van der Waals surface area contributed by atoms with Crippen molar-refractivity contribution >= 4 is 18.0 Å². The number of aromatic nitrogens is 1. The van der Waals surface area contributed by atoms with Gasteiger partial charge in [-0.15, -0.1) is 0 Å². The van der Waals surface area contributed by atoms with Crippen LogP contribution in [0.2, 0.25) is 0 Å². The van der Waals surface area contributed by atoms with E-state index in [4.69, 9.17) is 18.9 Å². The van der Waals surface area contributed by atoms with Gasteiger partial charge >= 0.3 is 5.97 Å². The molecular weight excluding hydrogens is 659 g/mol. The van der Waals surface area contributed by atoms with Crippen LogP contribution in [0.1, 0.15) is 66.0 Å². The summed E-state index contributed by atoms with van der Waals surface area (Å²) < 4.78 is 38.6. The fourth-order valence-electron chi connectivity index (χ4n) is 6.82. The van der Waals surface area contributed by atoms with E-state index in [1.165, 1.54) is 6.08 Å². The van der Waals surface area contributed by atoms with Crippen LogP contribution in [0.15, 0.2) is 48.2 Å². The van der Waals surface area contributed by atoms with Crippen molar-refractivity contribution in [2.45, 2.75) is 109 Å². The number of cyclic esters (lactones) is 1. The first-order valence-electron chi connectivity index (χ1n) is 17.7. The maximum Gasteiger partial charge on any atom is 0.308 e. The zero-order valence-corrected chi connectivity index (χ0v) is 30.8. The minimum absolute atomic E-state index is 0.0152. The van der Waals surface area contributed by atoms with Crippen molar-refractivity contribution in [2.24, 2.45) is 23.7 Å². The molecule has 0 saturated carbocycles. The van der Waals surface area contributed by atoms with Crippen molar-refractivity contribution in [1.82, 2.24) is 9.88 Å².